The second-order valence-corrected chi connectivity index (χ2v) is 5.10. The SMILES string of the molecule is O=C(NCCc1cccc(F)c1)NCc1cccs1. The van der Waals surface area contributed by atoms with Gasteiger partial charge in [0.1, 0.15) is 5.82 Å². The van der Waals surface area contributed by atoms with Crippen LogP contribution in [0.3, 0.4) is 0 Å². The zero-order chi connectivity index (χ0) is 13.5. The molecule has 0 saturated carbocycles. The van der Waals surface area contributed by atoms with Crippen molar-refractivity contribution in [1.29, 1.82) is 0 Å². The van der Waals surface area contributed by atoms with Gasteiger partial charge in [0.2, 0.25) is 0 Å². The van der Waals surface area contributed by atoms with Gasteiger partial charge >= 0.3 is 6.03 Å². The van der Waals surface area contributed by atoms with Gasteiger partial charge in [-0.15, -0.1) is 11.3 Å². The Balaban J connectivity index is 1.66. The summed E-state index contributed by atoms with van der Waals surface area (Å²) in [4.78, 5) is 12.6. The van der Waals surface area contributed by atoms with Gasteiger partial charge in [-0.2, -0.15) is 0 Å². The van der Waals surface area contributed by atoms with Crippen molar-refractivity contribution in [3.8, 4) is 0 Å². The average molecular weight is 278 g/mol. The monoisotopic (exact) mass is 278 g/mol. The summed E-state index contributed by atoms with van der Waals surface area (Å²) in [5.41, 5.74) is 0.874. The van der Waals surface area contributed by atoms with Gasteiger partial charge in [0.25, 0.3) is 0 Å². The van der Waals surface area contributed by atoms with E-state index in [-0.39, 0.29) is 11.8 Å². The Hall–Kier alpha value is -1.88. The average Bonchev–Trinajstić information content (AvgIpc) is 2.89. The highest BCUT2D eigenvalue weighted by Gasteiger charge is 2.01. The molecule has 100 valence electrons. The van der Waals surface area contributed by atoms with E-state index in [1.807, 2.05) is 23.6 Å². The molecule has 0 aliphatic rings. The number of carbonyl (C=O) groups is 1. The van der Waals surface area contributed by atoms with Crippen LogP contribution in [0.15, 0.2) is 41.8 Å². The maximum atomic E-state index is 12.9. The van der Waals surface area contributed by atoms with E-state index in [1.165, 1.54) is 12.1 Å². The minimum atomic E-state index is -0.250. The second-order valence-electron chi connectivity index (χ2n) is 4.07. The van der Waals surface area contributed by atoms with Crippen molar-refractivity contribution in [1.82, 2.24) is 10.6 Å². The molecule has 0 fully saturated rings. The Kier molecular flexibility index (Phi) is 4.92. The van der Waals surface area contributed by atoms with E-state index in [9.17, 15) is 9.18 Å². The van der Waals surface area contributed by atoms with Crippen LogP contribution in [0.2, 0.25) is 0 Å². The van der Waals surface area contributed by atoms with E-state index in [4.69, 9.17) is 0 Å². The fourth-order valence-corrected chi connectivity index (χ4v) is 2.30. The first-order valence-corrected chi connectivity index (χ1v) is 6.90. The van der Waals surface area contributed by atoms with Gasteiger partial charge in [0, 0.05) is 11.4 Å². The van der Waals surface area contributed by atoms with Crippen LogP contribution in [0.1, 0.15) is 10.4 Å². The maximum Gasteiger partial charge on any atom is 0.315 e. The molecule has 19 heavy (non-hydrogen) atoms. The fourth-order valence-electron chi connectivity index (χ4n) is 1.66. The number of urea groups is 1. The number of hydrogen-bond acceptors (Lipinski definition) is 2. The van der Waals surface area contributed by atoms with Crippen molar-refractivity contribution in [3.05, 3.63) is 58.0 Å². The van der Waals surface area contributed by atoms with Gasteiger partial charge in [0.15, 0.2) is 0 Å². The van der Waals surface area contributed by atoms with Gasteiger partial charge in [-0.1, -0.05) is 18.2 Å². The zero-order valence-electron chi connectivity index (χ0n) is 10.4. The molecule has 0 aliphatic heterocycles. The summed E-state index contributed by atoms with van der Waals surface area (Å²) >= 11 is 1.60. The largest absolute Gasteiger partial charge is 0.338 e. The number of halogens is 1. The summed E-state index contributed by atoms with van der Waals surface area (Å²) in [6.07, 6.45) is 0.615. The molecular formula is C14H15FN2OS. The van der Waals surface area contributed by atoms with Crippen molar-refractivity contribution < 1.29 is 9.18 Å². The number of benzene rings is 1. The molecule has 0 unspecified atom stereocenters. The molecule has 1 aromatic heterocycles. The molecule has 0 spiro atoms. The molecule has 0 radical (unpaired) electrons. The molecule has 2 N–H and O–H groups in total. The lowest BCUT2D eigenvalue weighted by molar-refractivity contribution is 0.240. The van der Waals surface area contributed by atoms with Crippen molar-refractivity contribution in [2.45, 2.75) is 13.0 Å². The van der Waals surface area contributed by atoms with E-state index >= 15 is 0 Å². The van der Waals surface area contributed by atoms with Crippen LogP contribution in [-0.2, 0) is 13.0 Å². The Bertz CT molecular complexity index is 528. The number of nitrogens with one attached hydrogen (secondary N) is 2. The van der Waals surface area contributed by atoms with Gasteiger partial charge in [-0.3, -0.25) is 0 Å². The number of amides is 2. The van der Waals surface area contributed by atoms with E-state index in [0.717, 1.165) is 10.4 Å². The lowest BCUT2D eigenvalue weighted by Gasteiger charge is -2.06. The third-order valence-electron chi connectivity index (χ3n) is 2.59. The summed E-state index contributed by atoms with van der Waals surface area (Å²) in [5.74, 6) is -0.250. The normalized spacial score (nSPS) is 10.2. The smallest absolute Gasteiger partial charge is 0.315 e. The molecule has 0 saturated heterocycles. The van der Waals surface area contributed by atoms with Gasteiger partial charge < -0.3 is 10.6 Å². The molecule has 2 amide bonds. The maximum absolute atomic E-state index is 12.9. The second kappa shape index (κ2) is 6.89. The summed E-state index contributed by atoms with van der Waals surface area (Å²) in [6, 6.07) is 10.1. The highest BCUT2D eigenvalue weighted by Crippen LogP contribution is 2.07. The third-order valence-corrected chi connectivity index (χ3v) is 3.47. The van der Waals surface area contributed by atoms with Gasteiger partial charge in [-0.25, -0.2) is 9.18 Å². The van der Waals surface area contributed by atoms with Crippen LogP contribution in [0.4, 0.5) is 9.18 Å². The van der Waals surface area contributed by atoms with Gasteiger partial charge in [0.05, 0.1) is 6.54 Å². The van der Waals surface area contributed by atoms with E-state index in [2.05, 4.69) is 10.6 Å². The molecule has 1 aromatic carbocycles. The first-order chi connectivity index (χ1) is 9.24. The molecule has 2 aromatic rings. The zero-order valence-corrected chi connectivity index (χ0v) is 11.2. The first-order valence-electron chi connectivity index (χ1n) is 6.02. The minimum absolute atomic E-state index is 0.204. The third kappa shape index (κ3) is 4.71. The number of carbonyl (C=O) groups excluding carboxylic acids is 1. The van der Waals surface area contributed by atoms with E-state index < -0.39 is 0 Å². The van der Waals surface area contributed by atoms with Crippen LogP contribution in [0.25, 0.3) is 0 Å². The Labute approximate surface area is 115 Å². The van der Waals surface area contributed by atoms with Crippen LogP contribution >= 0.6 is 11.3 Å². The van der Waals surface area contributed by atoms with Crippen molar-refractivity contribution in [2.75, 3.05) is 6.54 Å². The Morgan fingerprint density at radius 1 is 1.21 bits per heavy atom. The Morgan fingerprint density at radius 3 is 2.84 bits per heavy atom. The van der Waals surface area contributed by atoms with Crippen molar-refractivity contribution >= 4 is 17.4 Å². The summed E-state index contributed by atoms with van der Waals surface area (Å²) in [7, 11) is 0. The summed E-state index contributed by atoms with van der Waals surface area (Å²) in [6.45, 7) is 1.02. The Morgan fingerprint density at radius 2 is 2.11 bits per heavy atom. The molecule has 1 heterocycles. The summed E-state index contributed by atoms with van der Waals surface area (Å²) in [5, 5.41) is 7.49. The van der Waals surface area contributed by atoms with E-state index in [1.54, 1.807) is 17.4 Å². The van der Waals surface area contributed by atoms with Crippen LogP contribution in [0.5, 0.6) is 0 Å². The minimum Gasteiger partial charge on any atom is -0.338 e. The first kappa shape index (κ1) is 13.5. The molecule has 0 atom stereocenters. The molecule has 0 bridgehead atoms. The molecule has 5 heteroatoms. The van der Waals surface area contributed by atoms with Crippen molar-refractivity contribution in [2.24, 2.45) is 0 Å². The molecule has 3 nitrogen and oxygen atoms in total. The van der Waals surface area contributed by atoms with Crippen LogP contribution < -0.4 is 10.6 Å². The van der Waals surface area contributed by atoms with Gasteiger partial charge in [-0.05, 0) is 35.6 Å². The molecule has 2 rings (SSSR count). The topological polar surface area (TPSA) is 41.1 Å². The lowest BCUT2D eigenvalue weighted by atomic mass is 10.1. The molecule has 0 aliphatic carbocycles. The number of rotatable bonds is 5. The van der Waals surface area contributed by atoms with Crippen molar-refractivity contribution in [3.63, 3.8) is 0 Å². The predicted molar refractivity (Wildman–Crippen MR) is 74.7 cm³/mol. The van der Waals surface area contributed by atoms with Crippen LogP contribution in [-0.4, -0.2) is 12.6 Å². The quantitative estimate of drug-likeness (QED) is 0.867. The molecular weight excluding hydrogens is 263 g/mol. The standard InChI is InChI=1S/C14H15FN2OS/c15-12-4-1-3-11(9-12)6-7-16-14(18)17-10-13-5-2-8-19-13/h1-5,8-9H,6-7,10H2,(H2,16,17,18). The lowest BCUT2D eigenvalue weighted by Crippen LogP contribution is -2.36. The van der Waals surface area contributed by atoms with Crippen LogP contribution in [0, 0.1) is 5.82 Å². The predicted octanol–water partition coefficient (Wildman–Crippen LogP) is 2.93. The highest BCUT2D eigenvalue weighted by molar-refractivity contribution is 7.09. The number of thiophene rings is 1. The number of hydrogen-bond donors (Lipinski definition) is 2. The fraction of sp³-hybridized carbons (Fsp3) is 0.214. The van der Waals surface area contributed by atoms with E-state index in [0.29, 0.717) is 19.5 Å². The highest BCUT2D eigenvalue weighted by atomic mass is 32.1. The summed E-state index contributed by atoms with van der Waals surface area (Å²) < 4.78 is 12.9.